The van der Waals surface area contributed by atoms with Gasteiger partial charge < -0.3 is 20.0 Å². The lowest BCUT2D eigenvalue weighted by molar-refractivity contribution is -0.124. The Bertz CT molecular complexity index is 2200. The summed E-state index contributed by atoms with van der Waals surface area (Å²) in [6.45, 7) is 14.3. The van der Waals surface area contributed by atoms with E-state index in [1.165, 1.54) is 0 Å². The lowest BCUT2D eigenvalue weighted by Crippen LogP contribution is -2.34. The van der Waals surface area contributed by atoms with Gasteiger partial charge in [-0.15, -0.1) is 22.7 Å². The molecule has 2 aromatic carbocycles. The molecule has 2 aromatic heterocycles. The van der Waals surface area contributed by atoms with E-state index in [0.29, 0.717) is 35.6 Å². The first kappa shape index (κ1) is 50.6. The Kier molecular flexibility index (Phi) is 18.6. The van der Waals surface area contributed by atoms with E-state index in [9.17, 15) is 19.8 Å². The highest BCUT2D eigenvalue weighted by molar-refractivity contribution is 7.17. The molecule has 0 aliphatic carbocycles. The first-order valence-electron chi connectivity index (χ1n) is 25.1. The number of thiophene rings is 2. The van der Waals surface area contributed by atoms with E-state index < -0.39 is 11.9 Å². The summed E-state index contributed by atoms with van der Waals surface area (Å²) in [5.41, 5.74) is 7.08. The number of unbranched alkanes of at least 4 members (excludes halogenated alkanes) is 8. The molecule has 0 radical (unpaired) electrons. The number of carboxylic acid groups (broad SMARTS) is 2. The Morgan fingerprint density at radius 1 is 0.515 bits per heavy atom. The van der Waals surface area contributed by atoms with Crippen LogP contribution in [-0.2, 0) is 22.4 Å². The predicted octanol–water partition coefficient (Wildman–Crippen LogP) is 15.0. The van der Waals surface area contributed by atoms with Crippen molar-refractivity contribution in [2.24, 2.45) is 11.8 Å². The van der Waals surface area contributed by atoms with Crippen molar-refractivity contribution in [2.45, 2.75) is 157 Å². The number of fused-ring (bicyclic) bond motifs is 1. The van der Waals surface area contributed by atoms with Gasteiger partial charge in [0.05, 0.1) is 43.4 Å². The smallest absolute Gasteiger partial charge is 0.335 e. The van der Waals surface area contributed by atoms with Crippen LogP contribution < -0.4 is 0 Å². The SMILES string of the molecule is CCCCCCc1cc(C2=C3C(=O)N(CC(CC)CCCC)C(c4cc(CCCCCC)c(-c5ccc(C(=O)O)cc5)s4)=C3C(=O)N2CC(CC)CCCC)sc1-c1ccc(C(=O)O)cc1. The molecule has 2 amide bonds. The van der Waals surface area contributed by atoms with Crippen LogP contribution in [-0.4, -0.2) is 56.9 Å². The van der Waals surface area contributed by atoms with E-state index in [0.717, 1.165) is 157 Å². The van der Waals surface area contributed by atoms with E-state index >= 15 is 9.59 Å². The van der Waals surface area contributed by atoms with E-state index in [2.05, 4.69) is 53.7 Å². The number of carboxylic acids is 2. The second-order valence-corrected chi connectivity index (χ2v) is 20.5. The van der Waals surface area contributed by atoms with Crippen LogP contribution in [0.3, 0.4) is 0 Å². The van der Waals surface area contributed by atoms with Gasteiger partial charge in [0.1, 0.15) is 0 Å². The van der Waals surface area contributed by atoms with Crippen molar-refractivity contribution in [1.29, 1.82) is 0 Å². The van der Waals surface area contributed by atoms with Gasteiger partial charge in [0.2, 0.25) is 0 Å². The molecule has 0 bridgehead atoms. The normalized spacial score (nSPS) is 14.8. The van der Waals surface area contributed by atoms with Gasteiger partial charge in [-0.05, 0) is 109 Å². The maximum Gasteiger partial charge on any atom is 0.335 e. The number of aromatic carboxylic acids is 2. The summed E-state index contributed by atoms with van der Waals surface area (Å²) in [5.74, 6) is -1.65. The van der Waals surface area contributed by atoms with E-state index in [-0.39, 0.29) is 34.8 Å². The van der Waals surface area contributed by atoms with Gasteiger partial charge in [-0.3, -0.25) is 9.59 Å². The average Bonchev–Trinajstić information content (AvgIpc) is 4.08. The second-order valence-electron chi connectivity index (χ2n) is 18.4. The molecule has 0 spiro atoms. The molecule has 2 aliphatic heterocycles. The molecule has 4 heterocycles. The Labute approximate surface area is 401 Å². The number of rotatable bonds is 28. The quantitative estimate of drug-likeness (QED) is 0.0548. The van der Waals surface area contributed by atoms with Crippen LogP contribution >= 0.6 is 22.7 Å². The van der Waals surface area contributed by atoms with Crippen molar-refractivity contribution in [3.05, 3.63) is 104 Å². The first-order chi connectivity index (χ1) is 32.0. The van der Waals surface area contributed by atoms with Crippen LogP contribution in [0.4, 0.5) is 0 Å². The van der Waals surface area contributed by atoms with Crippen LogP contribution in [0.25, 0.3) is 32.3 Å². The van der Waals surface area contributed by atoms with Gasteiger partial charge in [-0.25, -0.2) is 9.59 Å². The highest BCUT2D eigenvalue weighted by atomic mass is 32.1. The van der Waals surface area contributed by atoms with Gasteiger partial charge in [-0.2, -0.15) is 0 Å². The number of hydrogen-bond acceptors (Lipinski definition) is 6. The summed E-state index contributed by atoms with van der Waals surface area (Å²) in [6, 6.07) is 18.6. The molecule has 8 nitrogen and oxygen atoms in total. The minimum absolute atomic E-state index is 0.113. The summed E-state index contributed by atoms with van der Waals surface area (Å²) in [6.07, 6.45) is 18.5. The van der Waals surface area contributed by atoms with Gasteiger partial charge in [0.25, 0.3) is 11.8 Å². The number of carbonyl (C=O) groups is 4. The fourth-order valence-corrected chi connectivity index (χ4v) is 12.1. The number of benzene rings is 2. The van der Waals surface area contributed by atoms with Gasteiger partial charge >= 0.3 is 11.9 Å². The molecule has 6 rings (SSSR count). The molecule has 0 fully saturated rings. The zero-order chi connectivity index (χ0) is 47.3. The molecular weight excluding hydrogens is 861 g/mol. The van der Waals surface area contributed by atoms with Crippen LogP contribution in [0.15, 0.2) is 71.8 Å². The third-order valence-electron chi connectivity index (χ3n) is 13.6. The number of nitrogens with zero attached hydrogens (tertiary/aromatic N) is 2. The van der Waals surface area contributed by atoms with Crippen molar-refractivity contribution in [1.82, 2.24) is 9.80 Å². The number of aryl methyl sites for hydroxylation is 2. The Morgan fingerprint density at radius 3 is 1.20 bits per heavy atom. The maximum absolute atomic E-state index is 15.7. The fourth-order valence-electron chi connectivity index (χ4n) is 9.57. The second kappa shape index (κ2) is 24.3. The lowest BCUT2D eigenvalue weighted by atomic mass is 9.98. The third kappa shape index (κ3) is 11.6. The molecule has 2 unspecified atom stereocenters. The highest BCUT2D eigenvalue weighted by Gasteiger charge is 2.50. The lowest BCUT2D eigenvalue weighted by Gasteiger charge is -2.29. The van der Waals surface area contributed by atoms with Gasteiger partial charge in [0, 0.05) is 22.8 Å². The standard InChI is InChI=1S/C56H72N2O6S2/c1-7-13-17-19-23-43-33-45(65-51(43)39-25-29-41(30-26-39)55(61)62)49-47-48(54(60)57(49)35-37(11-5)21-15-9-3)50(58(53(47)59)36-38(12-6)22-16-10-4)46-34-44(24-20-18-14-8-2)52(66-46)40-27-31-42(32-28-40)56(63)64/h25-34,37-38H,7-24,35-36H2,1-6H3,(H,61,62)(H,63,64). The largest absolute Gasteiger partial charge is 0.478 e. The highest BCUT2D eigenvalue weighted by Crippen LogP contribution is 2.52. The minimum atomic E-state index is -0.967. The van der Waals surface area contributed by atoms with E-state index in [4.69, 9.17) is 0 Å². The summed E-state index contributed by atoms with van der Waals surface area (Å²) in [7, 11) is 0. The molecule has 4 aromatic rings. The number of amides is 2. The zero-order valence-electron chi connectivity index (χ0n) is 40.3. The van der Waals surface area contributed by atoms with Crippen molar-refractivity contribution < 1.29 is 29.4 Å². The number of hydrogen-bond donors (Lipinski definition) is 2. The van der Waals surface area contributed by atoms with Crippen molar-refractivity contribution in [3.63, 3.8) is 0 Å². The molecule has 66 heavy (non-hydrogen) atoms. The predicted molar refractivity (Wildman–Crippen MR) is 273 cm³/mol. The van der Waals surface area contributed by atoms with Crippen LogP contribution in [0.5, 0.6) is 0 Å². The van der Waals surface area contributed by atoms with Gasteiger partial charge in [0.15, 0.2) is 0 Å². The Hall–Kier alpha value is -4.80. The Morgan fingerprint density at radius 2 is 0.879 bits per heavy atom. The maximum atomic E-state index is 15.7. The van der Waals surface area contributed by atoms with E-state index in [1.807, 2.05) is 34.1 Å². The molecule has 0 saturated carbocycles. The molecule has 0 saturated heterocycles. The molecule has 2 N–H and O–H groups in total. The summed E-state index contributed by atoms with van der Waals surface area (Å²) in [5, 5.41) is 19.5. The molecule has 2 atom stereocenters. The molecule has 2 aliphatic rings. The van der Waals surface area contributed by atoms with Crippen LogP contribution in [0.1, 0.15) is 186 Å². The fraction of sp³-hybridized carbons (Fsp3) is 0.500. The van der Waals surface area contributed by atoms with Crippen molar-refractivity contribution >= 4 is 57.8 Å². The minimum Gasteiger partial charge on any atom is -0.478 e. The zero-order valence-corrected chi connectivity index (χ0v) is 41.9. The molecule has 10 heteroatoms. The summed E-state index contributed by atoms with van der Waals surface area (Å²) in [4.78, 5) is 62.9. The monoisotopic (exact) mass is 932 g/mol. The van der Waals surface area contributed by atoms with Gasteiger partial charge in [-0.1, -0.05) is 143 Å². The Balaban J connectivity index is 1.60. The topological polar surface area (TPSA) is 115 Å². The van der Waals surface area contributed by atoms with Crippen molar-refractivity contribution in [2.75, 3.05) is 13.1 Å². The number of carbonyl (C=O) groups excluding carboxylic acids is 2. The summed E-state index contributed by atoms with van der Waals surface area (Å²) >= 11 is 3.23. The van der Waals surface area contributed by atoms with Crippen LogP contribution in [0.2, 0.25) is 0 Å². The van der Waals surface area contributed by atoms with Crippen LogP contribution in [0, 0.1) is 11.8 Å². The first-order valence-corrected chi connectivity index (χ1v) is 26.7. The molecule has 354 valence electrons. The third-order valence-corrected chi connectivity index (χ3v) is 16.1. The van der Waals surface area contributed by atoms with Crippen molar-refractivity contribution in [3.8, 4) is 20.9 Å². The summed E-state index contributed by atoms with van der Waals surface area (Å²) < 4.78 is 0. The average molecular weight is 933 g/mol. The van der Waals surface area contributed by atoms with E-state index in [1.54, 1.807) is 46.9 Å². The molecular formula is C56H72N2O6S2.